The molecule has 8 heteroatoms. The molecule has 134 valence electrons. The minimum absolute atomic E-state index is 0.167. The number of ether oxygens (including phenoxy) is 2. The fourth-order valence-electron chi connectivity index (χ4n) is 2.57. The summed E-state index contributed by atoms with van der Waals surface area (Å²) in [5.41, 5.74) is 0.632. The Labute approximate surface area is 141 Å². The maximum Gasteiger partial charge on any atom is 0.326 e. The van der Waals surface area contributed by atoms with Gasteiger partial charge in [-0.2, -0.15) is 0 Å². The third-order valence-corrected chi connectivity index (χ3v) is 3.87. The Balaban J connectivity index is 1.67. The highest BCUT2D eigenvalue weighted by Crippen LogP contribution is 2.11. The molecular formula is C16H25N3O5. The second kappa shape index (κ2) is 9.39. The van der Waals surface area contributed by atoms with Crippen molar-refractivity contribution in [3.05, 3.63) is 18.2 Å². The van der Waals surface area contributed by atoms with Gasteiger partial charge in [-0.15, -0.1) is 0 Å². The lowest BCUT2D eigenvalue weighted by Crippen LogP contribution is -2.42. The number of aliphatic carboxylic acids is 1. The number of carboxylic acid groups (broad SMARTS) is 1. The van der Waals surface area contributed by atoms with Gasteiger partial charge in [0.2, 0.25) is 5.91 Å². The first-order valence-electron chi connectivity index (χ1n) is 8.23. The Hall–Kier alpha value is -1.93. The highest BCUT2D eigenvalue weighted by atomic mass is 16.5. The largest absolute Gasteiger partial charge is 0.480 e. The molecule has 24 heavy (non-hydrogen) atoms. The lowest BCUT2D eigenvalue weighted by atomic mass is 10.1. The summed E-state index contributed by atoms with van der Waals surface area (Å²) in [5, 5.41) is 11.8. The third kappa shape index (κ3) is 6.29. The number of carbonyl (C=O) groups excluding carboxylic acids is 1. The first-order chi connectivity index (χ1) is 11.5. The summed E-state index contributed by atoms with van der Waals surface area (Å²) in [5.74, 6) is -1.35. The van der Waals surface area contributed by atoms with Gasteiger partial charge in [0.25, 0.3) is 0 Å². The topological polar surface area (TPSA) is 103 Å². The van der Waals surface area contributed by atoms with Crippen LogP contribution in [0.15, 0.2) is 12.5 Å². The second-order valence-corrected chi connectivity index (χ2v) is 5.98. The normalized spacial score (nSPS) is 16.7. The van der Waals surface area contributed by atoms with E-state index in [1.165, 1.54) is 0 Å². The van der Waals surface area contributed by atoms with E-state index in [1.807, 2.05) is 7.05 Å². The van der Waals surface area contributed by atoms with Gasteiger partial charge in [0, 0.05) is 45.9 Å². The molecule has 0 unspecified atom stereocenters. The maximum absolute atomic E-state index is 11.9. The minimum Gasteiger partial charge on any atom is -0.480 e. The van der Waals surface area contributed by atoms with Crippen LogP contribution in [-0.4, -0.2) is 58.5 Å². The molecule has 0 bridgehead atoms. The van der Waals surface area contributed by atoms with Gasteiger partial charge >= 0.3 is 5.97 Å². The van der Waals surface area contributed by atoms with E-state index in [2.05, 4.69) is 10.3 Å². The summed E-state index contributed by atoms with van der Waals surface area (Å²) in [6, 6.07) is -0.969. The molecule has 0 spiro atoms. The average Bonchev–Trinajstić information content (AvgIpc) is 2.97. The molecule has 1 atom stereocenters. The fraction of sp³-hybridized carbons (Fsp3) is 0.688. The molecule has 8 nitrogen and oxygen atoms in total. The number of aromatic nitrogens is 2. The minimum atomic E-state index is -1.06. The van der Waals surface area contributed by atoms with Crippen LogP contribution in [0.2, 0.25) is 0 Å². The number of imidazole rings is 1. The van der Waals surface area contributed by atoms with E-state index >= 15 is 0 Å². The molecular weight excluding hydrogens is 314 g/mol. The molecule has 1 aromatic rings. The molecule has 2 N–H and O–H groups in total. The molecule has 0 aromatic carbocycles. The highest BCUT2D eigenvalue weighted by molar-refractivity contribution is 5.83. The van der Waals surface area contributed by atoms with Crippen LogP contribution in [0.5, 0.6) is 0 Å². The molecule has 0 radical (unpaired) electrons. The van der Waals surface area contributed by atoms with E-state index < -0.39 is 12.0 Å². The van der Waals surface area contributed by atoms with Gasteiger partial charge in [-0.1, -0.05) is 0 Å². The quantitative estimate of drug-likeness (QED) is 0.636. The van der Waals surface area contributed by atoms with Crippen LogP contribution in [0.25, 0.3) is 0 Å². The average molecular weight is 339 g/mol. The van der Waals surface area contributed by atoms with Crippen LogP contribution in [-0.2, 0) is 32.5 Å². The molecule has 1 aliphatic rings. The molecule has 2 rings (SSSR count). The molecule has 1 aliphatic heterocycles. The van der Waals surface area contributed by atoms with Crippen molar-refractivity contribution in [3.63, 3.8) is 0 Å². The van der Waals surface area contributed by atoms with Crippen LogP contribution >= 0.6 is 0 Å². The molecule has 1 amide bonds. The Morgan fingerprint density at radius 1 is 1.50 bits per heavy atom. The smallest absolute Gasteiger partial charge is 0.326 e. The summed E-state index contributed by atoms with van der Waals surface area (Å²) in [7, 11) is 1.81. The fourth-order valence-corrected chi connectivity index (χ4v) is 2.57. The standard InChI is InChI=1S/C16H25N3O5/c1-19-10-12(17-11-19)9-14(16(21)22)18-15(20)3-2-6-24-13-4-7-23-8-5-13/h10-11,13-14H,2-9H2,1H3,(H,18,20)(H,21,22)/t14-/m1/s1. The van der Waals surface area contributed by atoms with Gasteiger partial charge in [0.05, 0.1) is 18.1 Å². The van der Waals surface area contributed by atoms with Crippen molar-refractivity contribution < 1.29 is 24.2 Å². The molecule has 2 heterocycles. The zero-order valence-corrected chi connectivity index (χ0v) is 13.9. The molecule has 1 saturated heterocycles. The number of nitrogens with one attached hydrogen (secondary N) is 1. The van der Waals surface area contributed by atoms with Crippen molar-refractivity contribution in [2.24, 2.45) is 7.05 Å². The lowest BCUT2D eigenvalue weighted by molar-refractivity contribution is -0.141. The zero-order chi connectivity index (χ0) is 17.4. The van der Waals surface area contributed by atoms with Crippen LogP contribution in [0.3, 0.4) is 0 Å². The number of hydrogen-bond donors (Lipinski definition) is 2. The first kappa shape index (κ1) is 18.4. The van der Waals surface area contributed by atoms with Crippen LogP contribution < -0.4 is 5.32 Å². The van der Waals surface area contributed by atoms with Gasteiger partial charge in [0.15, 0.2) is 0 Å². The number of rotatable bonds is 9. The Kier molecular flexibility index (Phi) is 7.20. The summed E-state index contributed by atoms with van der Waals surface area (Å²) >= 11 is 0. The Morgan fingerprint density at radius 3 is 2.88 bits per heavy atom. The van der Waals surface area contributed by atoms with E-state index in [-0.39, 0.29) is 24.9 Å². The summed E-state index contributed by atoms with van der Waals surface area (Å²) in [4.78, 5) is 27.3. The van der Waals surface area contributed by atoms with Crippen molar-refractivity contribution in [3.8, 4) is 0 Å². The summed E-state index contributed by atoms with van der Waals surface area (Å²) in [6.07, 6.45) is 6.30. The first-order valence-corrected chi connectivity index (χ1v) is 8.23. The van der Waals surface area contributed by atoms with Crippen LogP contribution in [0.4, 0.5) is 0 Å². The number of nitrogens with zero attached hydrogens (tertiary/aromatic N) is 2. The van der Waals surface area contributed by atoms with Gasteiger partial charge in [-0.05, 0) is 19.3 Å². The van der Waals surface area contributed by atoms with E-state index in [4.69, 9.17) is 9.47 Å². The lowest BCUT2D eigenvalue weighted by Gasteiger charge is -2.22. The molecule has 1 aromatic heterocycles. The number of carboxylic acids is 1. The van der Waals surface area contributed by atoms with Crippen LogP contribution in [0, 0.1) is 0 Å². The van der Waals surface area contributed by atoms with Gasteiger partial charge in [-0.3, -0.25) is 4.79 Å². The van der Waals surface area contributed by atoms with Gasteiger partial charge in [0.1, 0.15) is 6.04 Å². The monoisotopic (exact) mass is 339 g/mol. The number of aryl methyl sites for hydroxylation is 1. The second-order valence-electron chi connectivity index (χ2n) is 5.98. The van der Waals surface area contributed by atoms with E-state index in [0.717, 1.165) is 26.1 Å². The third-order valence-electron chi connectivity index (χ3n) is 3.87. The van der Waals surface area contributed by atoms with Crippen LogP contribution in [0.1, 0.15) is 31.4 Å². The van der Waals surface area contributed by atoms with Gasteiger partial charge in [-0.25, -0.2) is 9.78 Å². The van der Waals surface area contributed by atoms with Crippen molar-refractivity contribution in [1.82, 2.24) is 14.9 Å². The van der Waals surface area contributed by atoms with Crippen molar-refractivity contribution in [2.75, 3.05) is 19.8 Å². The van der Waals surface area contributed by atoms with E-state index in [1.54, 1.807) is 17.1 Å². The summed E-state index contributed by atoms with van der Waals surface area (Å²) < 4.78 is 12.7. The SMILES string of the molecule is Cn1cnc(C[C@@H](NC(=O)CCCOC2CCOCC2)C(=O)O)c1. The number of hydrogen-bond acceptors (Lipinski definition) is 5. The van der Waals surface area contributed by atoms with E-state index in [9.17, 15) is 14.7 Å². The van der Waals surface area contributed by atoms with Crippen molar-refractivity contribution in [1.29, 1.82) is 0 Å². The Morgan fingerprint density at radius 2 is 2.25 bits per heavy atom. The molecule has 1 fully saturated rings. The number of amides is 1. The molecule has 0 saturated carbocycles. The van der Waals surface area contributed by atoms with Crippen molar-refractivity contribution in [2.45, 2.75) is 44.2 Å². The molecule has 0 aliphatic carbocycles. The summed E-state index contributed by atoms with van der Waals surface area (Å²) in [6.45, 7) is 1.94. The predicted octanol–water partition coefficient (Wildman–Crippen LogP) is 0.508. The van der Waals surface area contributed by atoms with Crippen molar-refractivity contribution >= 4 is 11.9 Å². The Bertz CT molecular complexity index is 540. The maximum atomic E-state index is 11.9. The highest BCUT2D eigenvalue weighted by Gasteiger charge is 2.21. The zero-order valence-electron chi connectivity index (χ0n) is 13.9. The van der Waals surface area contributed by atoms with Gasteiger partial charge < -0.3 is 24.5 Å². The van der Waals surface area contributed by atoms with E-state index in [0.29, 0.717) is 18.7 Å². The predicted molar refractivity (Wildman–Crippen MR) is 85.5 cm³/mol. The number of carbonyl (C=O) groups is 2.